The summed E-state index contributed by atoms with van der Waals surface area (Å²) in [5.41, 5.74) is 0. The molecule has 2 aliphatic heterocycles. The number of hydrogen-bond acceptors (Lipinski definition) is 3. The second-order valence-electron chi connectivity index (χ2n) is 4.34. The quantitative estimate of drug-likeness (QED) is 0.667. The van der Waals surface area contributed by atoms with Crippen LogP contribution in [0.5, 0.6) is 0 Å². The van der Waals surface area contributed by atoms with Crippen molar-refractivity contribution in [3.63, 3.8) is 0 Å². The Kier molecular flexibility index (Phi) is 3.79. The topological polar surface area (TPSA) is 15.7 Å². The molecular weight excluding hydrogens is 176 g/mol. The van der Waals surface area contributed by atoms with Gasteiger partial charge in [0.2, 0.25) is 0 Å². The second kappa shape index (κ2) is 5.10. The number of likely N-dealkylation sites (N-methyl/N-ethyl adjacent to an activating group) is 1. The van der Waals surface area contributed by atoms with Crippen LogP contribution < -0.4 is 0 Å². The van der Waals surface area contributed by atoms with E-state index in [4.69, 9.17) is 4.74 Å². The number of likely N-dealkylation sites (tertiary alicyclic amines) is 1. The molecule has 0 N–H and O–H groups in total. The molecule has 0 amide bonds. The molecule has 0 aliphatic carbocycles. The standard InChI is InChI=1S/C11H22N2O/c1-2-13-5-3-4-11(13)10-12-6-8-14-9-7-12/h11H,2-10H2,1H3. The highest BCUT2D eigenvalue weighted by molar-refractivity contribution is 4.81. The van der Waals surface area contributed by atoms with Gasteiger partial charge in [0.15, 0.2) is 0 Å². The largest absolute Gasteiger partial charge is 0.379 e. The van der Waals surface area contributed by atoms with E-state index in [1.807, 2.05) is 0 Å². The fraction of sp³-hybridized carbons (Fsp3) is 1.00. The molecule has 2 rings (SSSR count). The lowest BCUT2D eigenvalue weighted by atomic mass is 10.2. The number of hydrogen-bond donors (Lipinski definition) is 0. The van der Waals surface area contributed by atoms with Crippen molar-refractivity contribution in [2.45, 2.75) is 25.8 Å². The van der Waals surface area contributed by atoms with Crippen LogP contribution in [-0.2, 0) is 4.74 Å². The number of ether oxygens (including phenoxy) is 1. The van der Waals surface area contributed by atoms with Gasteiger partial charge in [-0.3, -0.25) is 9.80 Å². The third kappa shape index (κ3) is 2.47. The first-order valence-electron chi connectivity index (χ1n) is 5.94. The lowest BCUT2D eigenvalue weighted by molar-refractivity contribution is 0.0272. The Morgan fingerprint density at radius 2 is 2.00 bits per heavy atom. The van der Waals surface area contributed by atoms with Crippen molar-refractivity contribution in [2.24, 2.45) is 0 Å². The van der Waals surface area contributed by atoms with Gasteiger partial charge in [0, 0.05) is 25.7 Å². The third-order valence-corrected chi connectivity index (χ3v) is 3.48. The van der Waals surface area contributed by atoms with Crippen LogP contribution in [0.1, 0.15) is 19.8 Å². The summed E-state index contributed by atoms with van der Waals surface area (Å²) in [5.74, 6) is 0. The van der Waals surface area contributed by atoms with Crippen molar-refractivity contribution in [1.82, 2.24) is 9.80 Å². The summed E-state index contributed by atoms with van der Waals surface area (Å²) in [5, 5.41) is 0. The minimum atomic E-state index is 0.818. The summed E-state index contributed by atoms with van der Waals surface area (Å²) in [6, 6.07) is 0.818. The predicted molar refractivity (Wildman–Crippen MR) is 57.5 cm³/mol. The Balaban J connectivity index is 1.77. The number of rotatable bonds is 3. The van der Waals surface area contributed by atoms with Gasteiger partial charge in [-0.05, 0) is 25.9 Å². The SMILES string of the molecule is CCN1CCCC1CN1CCOCC1. The van der Waals surface area contributed by atoms with Gasteiger partial charge in [-0.15, -0.1) is 0 Å². The van der Waals surface area contributed by atoms with Crippen LogP contribution in [0.15, 0.2) is 0 Å². The zero-order valence-corrected chi connectivity index (χ0v) is 9.24. The Morgan fingerprint density at radius 3 is 2.71 bits per heavy atom. The van der Waals surface area contributed by atoms with Crippen LogP contribution in [0.25, 0.3) is 0 Å². The van der Waals surface area contributed by atoms with E-state index >= 15 is 0 Å². The van der Waals surface area contributed by atoms with Gasteiger partial charge in [-0.25, -0.2) is 0 Å². The Labute approximate surface area is 87.0 Å². The van der Waals surface area contributed by atoms with Crippen molar-refractivity contribution >= 4 is 0 Å². The molecule has 2 aliphatic rings. The molecule has 0 bridgehead atoms. The molecule has 2 saturated heterocycles. The molecule has 82 valence electrons. The van der Waals surface area contributed by atoms with Crippen LogP contribution >= 0.6 is 0 Å². The van der Waals surface area contributed by atoms with Gasteiger partial charge < -0.3 is 4.74 Å². The van der Waals surface area contributed by atoms with E-state index in [0.717, 1.165) is 32.3 Å². The Hall–Kier alpha value is -0.120. The minimum absolute atomic E-state index is 0.818. The maximum Gasteiger partial charge on any atom is 0.0594 e. The molecule has 2 heterocycles. The van der Waals surface area contributed by atoms with Crippen molar-refractivity contribution in [1.29, 1.82) is 0 Å². The molecule has 1 atom stereocenters. The van der Waals surface area contributed by atoms with E-state index < -0.39 is 0 Å². The van der Waals surface area contributed by atoms with Crippen LogP contribution in [0, 0.1) is 0 Å². The molecule has 2 fully saturated rings. The molecule has 0 spiro atoms. The molecule has 0 saturated carbocycles. The summed E-state index contributed by atoms with van der Waals surface area (Å²) < 4.78 is 5.36. The van der Waals surface area contributed by atoms with E-state index in [-0.39, 0.29) is 0 Å². The van der Waals surface area contributed by atoms with Gasteiger partial charge in [-0.1, -0.05) is 6.92 Å². The highest BCUT2D eigenvalue weighted by Gasteiger charge is 2.25. The summed E-state index contributed by atoms with van der Waals surface area (Å²) in [4.78, 5) is 5.18. The van der Waals surface area contributed by atoms with E-state index in [1.54, 1.807) is 0 Å². The van der Waals surface area contributed by atoms with Gasteiger partial charge >= 0.3 is 0 Å². The van der Waals surface area contributed by atoms with Crippen LogP contribution in [0.2, 0.25) is 0 Å². The van der Waals surface area contributed by atoms with E-state index in [0.29, 0.717) is 0 Å². The summed E-state index contributed by atoms with van der Waals surface area (Å²) in [6.07, 6.45) is 2.79. The molecule has 1 unspecified atom stereocenters. The van der Waals surface area contributed by atoms with Gasteiger partial charge in [-0.2, -0.15) is 0 Å². The highest BCUT2D eigenvalue weighted by Crippen LogP contribution is 2.17. The maximum atomic E-state index is 5.36. The summed E-state index contributed by atoms with van der Waals surface area (Å²) >= 11 is 0. The zero-order valence-electron chi connectivity index (χ0n) is 9.24. The number of morpholine rings is 1. The minimum Gasteiger partial charge on any atom is -0.379 e. The summed E-state index contributed by atoms with van der Waals surface area (Å²) in [6.45, 7) is 10.2. The fourth-order valence-electron chi connectivity index (χ4n) is 2.60. The zero-order chi connectivity index (χ0) is 9.80. The third-order valence-electron chi connectivity index (χ3n) is 3.48. The van der Waals surface area contributed by atoms with Crippen molar-refractivity contribution in [3.05, 3.63) is 0 Å². The Morgan fingerprint density at radius 1 is 1.21 bits per heavy atom. The molecule has 14 heavy (non-hydrogen) atoms. The molecule has 3 heteroatoms. The molecule has 0 aromatic heterocycles. The van der Waals surface area contributed by atoms with E-state index in [2.05, 4.69) is 16.7 Å². The lowest BCUT2D eigenvalue weighted by Gasteiger charge is -2.32. The summed E-state index contributed by atoms with van der Waals surface area (Å²) in [7, 11) is 0. The molecule has 0 aromatic carbocycles. The molecular formula is C11H22N2O. The van der Waals surface area contributed by atoms with Crippen molar-refractivity contribution < 1.29 is 4.74 Å². The first kappa shape index (κ1) is 10.4. The van der Waals surface area contributed by atoms with Crippen molar-refractivity contribution in [3.8, 4) is 0 Å². The van der Waals surface area contributed by atoms with Gasteiger partial charge in [0.1, 0.15) is 0 Å². The highest BCUT2D eigenvalue weighted by atomic mass is 16.5. The average molecular weight is 198 g/mol. The van der Waals surface area contributed by atoms with Crippen molar-refractivity contribution in [2.75, 3.05) is 45.9 Å². The molecule has 3 nitrogen and oxygen atoms in total. The smallest absolute Gasteiger partial charge is 0.0594 e. The lowest BCUT2D eigenvalue weighted by Crippen LogP contribution is -2.44. The van der Waals surface area contributed by atoms with E-state index in [9.17, 15) is 0 Å². The second-order valence-corrected chi connectivity index (χ2v) is 4.34. The predicted octanol–water partition coefficient (Wildman–Crippen LogP) is 0.803. The Bertz CT molecular complexity index is 169. The van der Waals surface area contributed by atoms with E-state index in [1.165, 1.54) is 32.5 Å². The molecule has 0 aromatic rings. The average Bonchev–Trinajstić information content (AvgIpc) is 2.67. The molecule has 0 radical (unpaired) electrons. The van der Waals surface area contributed by atoms with Gasteiger partial charge in [0.25, 0.3) is 0 Å². The fourth-order valence-corrected chi connectivity index (χ4v) is 2.60. The van der Waals surface area contributed by atoms with Crippen LogP contribution in [0.4, 0.5) is 0 Å². The van der Waals surface area contributed by atoms with Crippen LogP contribution in [0.3, 0.4) is 0 Å². The first-order valence-corrected chi connectivity index (χ1v) is 5.94. The van der Waals surface area contributed by atoms with Crippen LogP contribution in [-0.4, -0.2) is 61.8 Å². The maximum absolute atomic E-state index is 5.36. The number of nitrogens with zero attached hydrogens (tertiary/aromatic N) is 2. The normalized spacial score (nSPS) is 31.1. The monoisotopic (exact) mass is 198 g/mol. The first-order chi connectivity index (χ1) is 6.90. The van der Waals surface area contributed by atoms with Gasteiger partial charge in [0.05, 0.1) is 13.2 Å².